The number of rotatable bonds is 3. The van der Waals surface area contributed by atoms with Gasteiger partial charge in [-0.05, 0) is 33.0 Å². The minimum Gasteiger partial charge on any atom is -0.354 e. The first-order valence-corrected chi connectivity index (χ1v) is 6.25. The maximum atomic E-state index is 12.1. The third-order valence-electron chi connectivity index (χ3n) is 3.54. The van der Waals surface area contributed by atoms with Gasteiger partial charge in [0.15, 0.2) is 0 Å². The van der Waals surface area contributed by atoms with Crippen molar-refractivity contribution in [2.24, 2.45) is 0 Å². The average molecular weight is 247 g/mol. The SMILES string of the molecule is CNCC(C)(C)N1CC(=O)N(C)c2ccccc21. The summed E-state index contributed by atoms with van der Waals surface area (Å²) in [6, 6.07) is 8.06. The lowest BCUT2D eigenvalue weighted by molar-refractivity contribution is -0.117. The summed E-state index contributed by atoms with van der Waals surface area (Å²) in [6.45, 7) is 5.57. The van der Waals surface area contributed by atoms with Crippen LogP contribution >= 0.6 is 0 Å². The first-order valence-electron chi connectivity index (χ1n) is 6.25. The molecule has 0 atom stereocenters. The van der Waals surface area contributed by atoms with Gasteiger partial charge in [0.05, 0.1) is 17.9 Å². The van der Waals surface area contributed by atoms with E-state index < -0.39 is 0 Å². The van der Waals surface area contributed by atoms with Crippen LogP contribution in [0, 0.1) is 0 Å². The van der Waals surface area contributed by atoms with Gasteiger partial charge in [-0.2, -0.15) is 0 Å². The van der Waals surface area contributed by atoms with Gasteiger partial charge in [0.2, 0.25) is 5.91 Å². The maximum Gasteiger partial charge on any atom is 0.246 e. The van der Waals surface area contributed by atoms with Crippen LogP contribution in [0.15, 0.2) is 24.3 Å². The summed E-state index contributed by atoms with van der Waals surface area (Å²) >= 11 is 0. The number of anilines is 2. The summed E-state index contributed by atoms with van der Waals surface area (Å²) in [4.78, 5) is 16.0. The number of fused-ring (bicyclic) bond motifs is 1. The molecule has 2 rings (SSSR count). The van der Waals surface area contributed by atoms with Gasteiger partial charge in [0.25, 0.3) is 0 Å². The van der Waals surface area contributed by atoms with Crippen LogP contribution < -0.4 is 15.1 Å². The van der Waals surface area contributed by atoms with Gasteiger partial charge in [-0.15, -0.1) is 0 Å². The molecule has 1 aromatic rings. The Labute approximate surface area is 109 Å². The van der Waals surface area contributed by atoms with Gasteiger partial charge >= 0.3 is 0 Å². The molecule has 1 heterocycles. The fourth-order valence-corrected chi connectivity index (χ4v) is 2.51. The van der Waals surface area contributed by atoms with E-state index in [9.17, 15) is 4.79 Å². The first-order chi connectivity index (χ1) is 8.47. The lowest BCUT2D eigenvalue weighted by Gasteiger charge is -2.45. The highest BCUT2D eigenvalue weighted by Crippen LogP contribution is 2.36. The summed E-state index contributed by atoms with van der Waals surface area (Å²) in [5, 5.41) is 3.20. The maximum absolute atomic E-state index is 12.1. The van der Waals surface area contributed by atoms with Crippen LogP contribution in [0.5, 0.6) is 0 Å². The molecule has 1 aromatic carbocycles. The number of benzene rings is 1. The molecule has 1 aliphatic heterocycles. The number of para-hydroxylation sites is 2. The minimum absolute atomic E-state index is 0.0955. The monoisotopic (exact) mass is 247 g/mol. The molecule has 4 nitrogen and oxygen atoms in total. The normalized spacial score (nSPS) is 15.9. The predicted molar refractivity (Wildman–Crippen MR) is 75.2 cm³/mol. The van der Waals surface area contributed by atoms with Crippen molar-refractivity contribution in [3.05, 3.63) is 24.3 Å². The van der Waals surface area contributed by atoms with Crippen molar-refractivity contribution in [2.75, 3.05) is 37.0 Å². The van der Waals surface area contributed by atoms with Gasteiger partial charge in [-0.1, -0.05) is 12.1 Å². The van der Waals surface area contributed by atoms with E-state index in [1.807, 2.05) is 32.3 Å². The molecule has 4 heteroatoms. The number of likely N-dealkylation sites (N-methyl/N-ethyl adjacent to an activating group) is 2. The molecule has 0 saturated carbocycles. The zero-order chi connectivity index (χ0) is 13.3. The van der Waals surface area contributed by atoms with Gasteiger partial charge in [-0.25, -0.2) is 0 Å². The summed E-state index contributed by atoms with van der Waals surface area (Å²) in [6.07, 6.45) is 0. The van der Waals surface area contributed by atoms with Crippen molar-refractivity contribution in [1.29, 1.82) is 0 Å². The molecule has 1 amide bonds. The van der Waals surface area contributed by atoms with Crippen molar-refractivity contribution >= 4 is 17.3 Å². The second-order valence-electron chi connectivity index (χ2n) is 5.37. The molecule has 0 aromatic heterocycles. The third-order valence-corrected chi connectivity index (χ3v) is 3.54. The van der Waals surface area contributed by atoms with Gasteiger partial charge < -0.3 is 15.1 Å². The van der Waals surface area contributed by atoms with E-state index in [-0.39, 0.29) is 11.4 Å². The average Bonchev–Trinajstić information content (AvgIpc) is 2.33. The number of hydrogen-bond donors (Lipinski definition) is 1. The third kappa shape index (κ3) is 2.08. The Morgan fingerprint density at radius 3 is 2.50 bits per heavy atom. The van der Waals surface area contributed by atoms with E-state index in [1.54, 1.807) is 4.90 Å². The zero-order valence-electron chi connectivity index (χ0n) is 11.5. The van der Waals surface area contributed by atoms with Gasteiger partial charge in [0, 0.05) is 19.1 Å². The number of amides is 1. The molecule has 0 saturated heterocycles. The summed E-state index contributed by atoms with van der Waals surface area (Å²) in [5.41, 5.74) is 2.01. The Hall–Kier alpha value is -1.55. The van der Waals surface area contributed by atoms with E-state index in [4.69, 9.17) is 0 Å². The van der Waals surface area contributed by atoms with Crippen molar-refractivity contribution in [3.8, 4) is 0 Å². The number of nitrogens with one attached hydrogen (secondary N) is 1. The Morgan fingerprint density at radius 1 is 1.28 bits per heavy atom. The molecule has 18 heavy (non-hydrogen) atoms. The highest BCUT2D eigenvalue weighted by Gasteiger charge is 2.34. The molecule has 0 aliphatic carbocycles. The Balaban J connectivity index is 2.45. The molecular weight excluding hydrogens is 226 g/mol. The number of carbonyl (C=O) groups excluding carboxylic acids is 1. The smallest absolute Gasteiger partial charge is 0.246 e. The lowest BCUT2D eigenvalue weighted by atomic mass is 9.99. The summed E-state index contributed by atoms with van der Waals surface area (Å²) in [7, 11) is 3.77. The largest absolute Gasteiger partial charge is 0.354 e. The van der Waals surface area contributed by atoms with E-state index in [1.165, 1.54) is 0 Å². The molecule has 1 N–H and O–H groups in total. The number of nitrogens with zero attached hydrogens (tertiary/aromatic N) is 2. The highest BCUT2D eigenvalue weighted by molar-refractivity contribution is 6.03. The molecule has 98 valence electrons. The molecule has 1 aliphatic rings. The van der Waals surface area contributed by atoms with Crippen LogP contribution in [-0.2, 0) is 4.79 Å². The van der Waals surface area contributed by atoms with E-state index in [2.05, 4.69) is 30.1 Å². The van der Waals surface area contributed by atoms with E-state index >= 15 is 0 Å². The summed E-state index contributed by atoms with van der Waals surface area (Å²) < 4.78 is 0. The fourth-order valence-electron chi connectivity index (χ4n) is 2.51. The predicted octanol–water partition coefficient (Wildman–Crippen LogP) is 1.47. The van der Waals surface area contributed by atoms with E-state index in [0.717, 1.165) is 17.9 Å². The zero-order valence-corrected chi connectivity index (χ0v) is 11.5. The standard InChI is InChI=1S/C14H21N3O/c1-14(2,10-15-3)17-9-13(18)16(4)11-7-5-6-8-12(11)17/h5-8,15H,9-10H2,1-4H3. The quantitative estimate of drug-likeness (QED) is 0.878. The second kappa shape index (κ2) is 4.61. The van der Waals surface area contributed by atoms with Crippen LogP contribution in [0.4, 0.5) is 11.4 Å². The Morgan fingerprint density at radius 2 is 1.89 bits per heavy atom. The first kappa shape index (κ1) is 12.9. The van der Waals surface area contributed by atoms with Crippen LogP contribution in [-0.4, -0.2) is 38.6 Å². The van der Waals surface area contributed by atoms with Crippen LogP contribution in [0.2, 0.25) is 0 Å². The van der Waals surface area contributed by atoms with Gasteiger partial charge in [-0.3, -0.25) is 4.79 Å². The molecular formula is C14H21N3O. The van der Waals surface area contributed by atoms with Crippen molar-refractivity contribution in [2.45, 2.75) is 19.4 Å². The van der Waals surface area contributed by atoms with E-state index in [0.29, 0.717) is 6.54 Å². The number of hydrogen-bond acceptors (Lipinski definition) is 3. The molecule has 0 radical (unpaired) electrons. The highest BCUT2D eigenvalue weighted by atomic mass is 16.2. The van der Waals surface area contributed by atoms with Crippen molar-refractivity contribution < 1.29 is 4.79 Å². The molecule has 0 bridgehead atoms. The molecule has 0 spiro atoms. The molecule has 0 fully saturated rings. The van der Waals surface area contributed by atoms with Crippen LogP contribution in [0.1, 0.15) is 13.8 Å². The van der Waals surface area contributed by atoms with Crippen molar-refractivity contribution in [3.63, 3.8) is 0 Å². The van der Waals surface area contributed by atoms with Crippen LogP contribution in [0.25, 0.3) is 0 Å². The topological polar surface area (TPSA) is 35.6 Å². The van der Waals surface area contributed by atoms with Crippen molar-refractivity contribution in [1.82, 2.24) is 5.32 Å². The van der Waals surface area contributed by atoms with Gasteiger partial charge in [0.1, 0.15) is 0 Å². The molecule has 0 unspecified atom stereocenters. The minimum atomic E-state index is -0.0955. The fraction of sp³-hybridized carbons (Fsp3) is 0.500. The second-order valence-corrected chi connectivity index (χ2v) is 5.37. The summed E-state index contributed by atoms with van der Waals surface area (Å²) in [5.74, 6) is 0.137. The number of carbonyl (C=O) groups is 1. The Kier molecular flexibility index (Phi) is 3.30. The lowest BCUT2D eigenvalue weighted by Crippen LogP contribution is -2.56. The Bertz CT molecular complexity index is 456. The van der Waals surface area contributed by atoms with Crippen LogP contribution in [0.3, 0.4) is 0 Å².